The summed E-state index contributed by atoms with van der Waals surface area (Å²) in [7, 11) is 0. The molecule has 38 heavy (non-hydrogen) atoms. The van der Waals surface area contributed by atoms with Crippen LogP contribution in [0.25, 0.3) is 21.6 Å². The summed E-state index contributed by atoms with van der Waals surface area (Å²) >= 11 is 1.32. The van der Waals surface area contributed by atoms with Gasteiger partial charge in [-0.1, -0.05) is 35.6 Å². The molecule has 0 saturated carbocycles. The van der Waals surface area contributed by atoms with Gasteiger partial charge < -0.3 is 14.6 Å². The standard InChI is InChI=1S/C29H24N4O4S/c1-14-12-16(3)22-20(13-14)38-29(31-22)33-24(18-7-9-19(34)10-8-18)21(26(36)28(33)37)25(35)23-17(4)32-11-5-6-15(2)27(32)30-23/h5-13,24,34-35H,1-4H3. The first-order chi connectivity index (χ1) is 18.2. The van der Waals surface area contributed by atoms with E-state index in [4.69, 9.17) is 4.98 Å². The summed E-state index contributed by atoms with van der Waals surface area (Å²) in [6.45, 7) is 7.67. The minimum atomic E-state index is -0.956. The zero-order valence-corrected chi connectivity index (χ0v) is 22.0. The van der Waals surface area contributed by atoms with E-state index >= 15 is 0 Å². The number of carbonyl (C=O) groups is 2. The molecule has 1 aliphatic rings. The lowest BCUT2D eigenvalue weighted by Gasteiger charge is -2.22. The number of phenolic OH excluding ortho intramolecular Hbond substituents is 1. The fourth-order valence-electron chi connectivity index (χ4n) is 5.14. The van der Waals surface area contributed by atoms with Crippen molar-refractivity contribution in [1.29, 1.82) is 0 Å². The predicted molar refractivity (Wildman–Crippen MR) is 147 cm³/mol. The average Bonchev–Trinajstić information content (AvgIpc) is 3.53. The van der Waals surface area contributed by atoms with Gasteiger partial charge in [0.15, 0.2) is 10.9 Å². The molecule has 2 N–H and O–H groups in total. The maximum Gasteiger partial charge on any atom is 0.301 e. The molecule has 0 bridgehead atoms. The van der Waals surface area contributed by atoms with E-state index in [0.717, 1.165) is 26.9 Å². The highest BCUT2D eigenvalue weighted by Crippen LogP contribution is 2.45. The van der Waals surface area contributed by atoms with Crippen LogP contribution in [0.3, 0.4) is 0 Å². The van der Waals surface area contributed by atoms with Crippen LogP contribution in [0, 0.1) is 27.7 Å². The van der Waals surface area contributed by atoms with Crippen molar-refractivity contribution in [2.75, 3.05) is 4.90 Å². The molecule has 190 valence electrons. The summed E-state index contributed by atoms with van der Waals surface area (Å²) in [6.07, 6.45) is 1.84. The number of aryl methyl sites for hydroxylation is 4. The number of aliphatic hydroxyl groups excluding tert-OH is 1. The number of imidazole rings is 1. The number of Topliss-reactive ketones (excluding diaryl/α,β-unsaturated/α-hetero) is 1. The second-order valence-electron chi connectivity index (χ2n) is 9.62. The van der Waals surface area contributed by atoms with Crippen LogP contribution in [0.4, 0.5) is 5.13 Å². The lowest BCUT2D eigenvalue weighted by atomic mass is 9.96. The second kappa shape index (κ2) is 8.53. The van der Waals surface area contributed by atoms with E-state index in [1.165, 1.54) is 28.4 Å². The van der Waals surface area contributed by atoms with E-state index in [0.29, 0.717) is 22.0 Å². The van der Waals surface area contributed by atoms with Gasteiger partial charge in [0.1, 0.15) is 17.1 Å². The van der Waals surface area contributed by atoms with Crippen LogP contribution in [-0.2, 0) is 9.59 Å². The number of anilines is 1. The number of hydrogen-bond donors (Lipinski definition) is 2. The van der Waals surface area contributed by atoms with Gasteiger partial charge in [-0.25, -0.2) is 9.97 Å². The van der Waals surface area contributed by atoms with Crippen LogP contribution >= 0.6 is 11.3 Å². The highest BCUT2D eigenvalue weighted by atomic mass is 32.1. The number of aromatic nitrogens is 3. The topological polar surface area (TPSA) is 108 Å². The molecule has 1 atom stereocenters. The van der Waals surface area contributed by atoms with Crippen LogP contribution in [0.15, 0.2) is 60.3 Å². The molecule has 4 heterocycles. The van der Waals surface area contributed by atoms with Gasteiger partial charge in [0, 0.05) is 6.20 Å². The minimum Gasteiger partial charge on any atom is -0.508 e. The van der Waals surface area contributed by atoms with Crippen molar-refractivity contribution in [3.8, 4) is 5.75 Å². The van der Waals surface area contributed by atoms with E-state index in [-0.39, 0.29) is 22.8 Å². The van der Waals surface area contributed by atoms with Crippen molar-refractivity contribution in [3.63, 3.8) is 0 Å². The second-order valence-corrected chi connectivity index (χ2v) is 10.6. The summed E-state index contributed by atoms with van der Waals surface area (Å²) in [6, 6.07) is 13.1. The van der Waals surface area contributed by atoms with Gasteiger partial charge in [0.2, 0.25) is 0 Å². The van der Waals surface area contributed by atoms with E-state index in [2.05, 4.69) is 4.98 Å². The van der Waals surface area contributed by atoms with Gasteiger partial charge in [-0.05, 0) is 74.2 Å². The number of carbonyl (C=O) groups excluding carboxylic acids is 2. The van der Waals surface area contributed by atoms with Crippen molar-refractivity contribution in [2.24, 2.45) is 0 Å². The molecule has 1 amide bonds. The van der Waals surface area contributed by atoms with Crippen molar-refractivity contribution < 1.29 is 19.8 Å². The summed E-state index contributed by atoms with van der Waals surface area (Å²) in [5, 5.41) is 21.8. The van der Waals surface area contributed by atoms with Crippen LogP contribution in [0.1, 0.15) is 39.7 Å². The Morgan fingerprint density at radius 3 is 2.42 bits per heavy atom. The molecule has 9 heteroatoms. The number of benzene rings is 2. The molecule has 1 unspecified atom stereocenters. The number of fused-ring (bicyclic) bond motifs is 2. The summed E-state index contributed by atoms with van der Waals surface area (Å²) in [5.74, 6) is -1.90. The fraction of sp³-hybridized carbons (Fsp3) is 0.172. The Balaban J connectivity index is 1.60. The van der Waals surface area contributed by atoms with Gasteiger partial charge in [-0.2, -0.15) is 0 Å². The van der Waals surface area contributed by atoms with Crippen molar-refractivity contribution in [1.82, 2.24) is 14.4 Å². The molecule has 2 aromatic carbocycles. The lowest BCUT2D eigenvalue weighted by Crippen LogP contribution is -2.29. The quantitative estimate of drug-likeness (QED) is 0.183. The van der Waals surface area contributed by atoms with Gasteiger partial charge in [-0.3, -0.25) is 14.5 Å². The molecule has 0 radical (unpaired) electrons. The number of aliphatic hydroxyl groups is 1. The molecule has 3 aromatic heterocycles. The van der Waals surface area contributed by atoms with Crippen molar-refractivity contribution in [2.45, 2.75) is 33.7 Å². The number of nitrogens with zero attached hydrogens (tertiary/aromatic N) is 4. The van der Waals surface area contributed by atoms with Gasteiger partial charge in [0.05, 0.1) is 27.5 Å². The molecule has 0 spiro atoms. The number of thiazole rings is 1. The van der Waals surface area contributed by atoms with E-state index in [1.54, 1.807) is 19.1 Å². The number of amides is 1. The van der Waals surface area contributed by atoms with Crippen LogP contribution in [0.5, 0.6) is 5.75 Å². The number of pyridine rings is 1. The monoisotopic (exact) mass is 524 g/mol. The fourth-order valence-corrected chi connectivity index (χ4v) is 6.31. The van der Waals surface area contributed by atoms with Gasteiger partial charge in [-0.15, -0.1) is 0 Å². The lowest BCUT2D eigenvalue weighted by molar-refractivity contribution is -0.132. The summed E-state index contributed by atoms with van der Waals surface area (Å²) in [5.41, 5.74) is 5.71. The first-order valence-electron chi connectivity index (χ1n) is 12.1. The Kier molecular flexibility index (Phi) is 5.36. The normalized spacial score (nSPS) is 17.3. The number of aromatic hydroxyl groups is 1. The maximum absolute atomic E-state index is 13.6. The summed E-state index contributed by atoms with van der Waals surface area (Å²) < 4.78 is 2.74. The molecule has 6 rings (SSSR count). The van der Waals surface area contributed by atoms with Crippen LogP contribution < -0.4 is 4.90 Å². The van der Waals surface area contributed by atoms with E-state index in [1.807, 2.05) is 55.6 Å². The Morgan fingerprint density at radius 1 is 0.974 bits per heavy atom. The number of hydrogen-bond acceptors (Lipinski definition) is 7. The van der Waals surface area contributed by atoms with E-state index in [9.17, 15) is 19.8 Å². The number of rotatable bonds is 3. The molecule has 8 nitrogen and oxygen atoms in total. The number of phenols is 1. The third-order valence-corrected chi connectivity index (χ3v) is 7.99. The largest absolute Gasteiger partial charge is 0.508 e. The minimum absolute atomic E-state index is 0.0449. The SMILES string of the molecule is Cc1cc(C)c2nc(N3C(=O)C(=O)C(=C(O)c4nc5c(C)cccn5c4C)C3c3ccc(O)cc3)sc2c1. The molecule has 1 fully saturated rings. The zero-order valence-electron chi connectivity index (χ0n) is 21.2. The Labute approximate surface area is 222 Å². The molecule has 1 aliphatic heterocycles. The maximum atomic E-state index is 13.6. The molecule has 1 saturated heterocycles. The third kappa shape index (κ3) is 3.50. The van der Waals surface area contributed by atoms with Crippen molar-refractivity contribution in [3.05, 3.63) is 93.9 Å². The van der Waals surface area contributed by atoms with Crippen molar-refractivity contribution >= 4 is 49.8 Å². The predicted octanol–water partition coefficient (Wildman–Crippen LogP) is 5.51. The Bertz CT molecular complexity index is 1830. The zero-order chi connectivity index (χ0) is 26.9. The van der Waals surface area contributed by atoms with Gasteiger partial charge >= 0.3 is 5.91 Å². The van der Waals surface area contributed by atoms with E-state index < -0.39 is 17.7 Å². The highest BCUT2D eigenvalue weighted by Gasteiger charge is 2.48. The molecule has 0 aliphatic carbocycles. The summed E-state index contributed by atoms with van der Waals surface area (Å²) in [4.78, 5) is 37.9. The Hall–Kier alpha value is -4.50. The molecular weight excluding hydrogens is 500 g/mol. The van der Waals surface area contributed by atoms with Crippen LogP contribution in [-0.4, -0.2) is 36.3 Å². The third-order valence-electron chi connectivity index (χ3n) is 6.99. The molecular formula is C29H24N4O4S. The van der Waals surface area contributed by atoms with Crippen LogP contribution in [0.2, 0.25) is 0 Å². The Morgan fingerprint density at radius 2 is 1.71 bits per heavy atom. The smallest absolute Gasteiger partial charge is 0.301 e. The first-order valence-corrected chi connectivity index (χ1v) is 12.9. The van der Waals surface area contributed by atoms with Gasteiger partial charge in [0.25, 0.3) is 5.78 Å². The highest BCUT2D eigenvalue weighted by molar-refractivity contribution is 7.22. The molecule has 5 aromatic rings. The number of ketones is 1. The average molecular weight is 525 g/mol. The first kappa shape index (κ1) is 23.9.